The van der Waals surface area contributed by atoms with Gasteiger partial charge in [-0.3, -0.25) is 9.59 Å². The maximum atomic E-state index is 13.0. The van der Waals surface area contributed by atoms with Gasteiger partial charge in [-0.25, -0.2) is 9.59 Å². The molecule has 0 heterocycles. The van der Waals surface area contributed by atoms with E-state index in [0.29, 0.717) is 42.6 Å². The Morgan fingerprint density at radius 1 is 0.619 bits per heavy atom. The van der Waals surface area contributed by atoms with Crippen LogP contribution in [-0.4, -0.2) is 92.6 Å². The largest absolute Gasteiger partial charge is 0.478 e. The van der Waals surface area contributed by atoms with Gasteiger partial charge in [0.15, 0.2) is 0 Å². The van der Waals surface area contributed by atoms with E-state index in [0.717, 1.165) is 0 Å². The lowest BCUT2D eigenvalue weighted by Gasteiger charge is -2.22. The number of amides is 2. The molecule has 0 aliphatic heterocycles. The second-order valence-corrected chi connectivity index (χ2v) is 17.1. The van der Waals surface area contributed by atoms with Crippen LogP contribution in [0, 0.1) is 0 Å². The van der Waals surface area contributed by atoms with Gasteiger partial charge < -0.3 is 38.6 Å². The van der Waals surface area contributed by atoms with Gasteiger partial charge >= 0.3 is 29.1 Å². The number of benzene rings is 2. The standard InChI is InChI=1S/C28H40N2O10Si2/c1-37-41(5,38-2)15-7-13-29-25(31)21-11-9-20(18-24(21)28(35)36)19-10-12-22(27(33)34)23(17-19)26(32)30-14-8-16-42(6,39-3)40-4/h9-12,17-18H,7-8,13-16H2,1-6H3,(H,29,31)(H,30,32)(H,33,34)(H,35,36). The van der Waals surface area contributed by atoms with E-state index >= 15 is 0 Å². The molecular weight excluding hydrogens is 580 g/mol. The summed E-state index contributed by atoms with van der Waals surface area (Å²) < 4.78 is 21.7. The summed E-state index contributed by atoms with van der Waals surface area (Å²) >= 11 is 0. The van der Waals surface area contributed by atoms with Crippen LogP contribution < -0.4 is 10.6 Å². The zero-order valence-electron chi connectivity index (χ0n) is 24.9. The molecule has 0 bridgehead atoms. The number of carboxylic acids is 2. The van der Waals surface area contributed by atoms with Crippen LogP contribution in [0.2, 0.25) is 25.2 Å². The van der Waals surface area contributed by atoms with Gasteiger partial charge in [0.2, 0.25) is 0 Å². The third-order valence-electron chi connectivity index (χ3n) is 7.24. The van der Waals surface area contributed by atoms with Crippen molar-refractivity contribution in [3.63, 3.8) is 0 Å². The summed E-state index contributed by atoms with van der Waals surface area (Å²) in [5.41, 5.74) is 0.308. The van der Waals surface area contributed by atoms with Crippen LogP contribution in [0.25, 0.3) is 11.1 Å². The minimum Gasteiger partial charge on any atom is -0.478 e. The van der Waals surface area contributed by atoms with Crippen molar-refractivity contribution in [1.29, 1.82) is 0 Å². The lowest BCUT2D eigenvalue weighted by Crippen LogP contribution is -2.37. The molecule has 2 aromatic carbocycles. The Hall–Kier alpha value is -3.41. The average molecular weight is 621 g/mol. The molecule has 0 aliphatic carbocycles. The maximum Gasteiger partial charge on any atom is 0.336 e. The fourth-order valence-corrected chi connectivity index (χ4v) is 6.97. The Labute approximate surface area is 247 Å². The van der Waals surface area contributed by atoms with Crippen molar-refractivity contribution in [1.82, 2.24) is 10.6 Å². The lowest BCUT2D eigenvalue weighted by atomic mass is 9.95. The van der Waals surface area contributed by atoms with Crippen molar-refractivity contribution >= 4 is 40.9 Å². The Bertz CT molecular complexity index is 1280. The fourth-order valence-electron chi connectivity index (χ4n) is 4.19. The summed E-state index contributed by atoms with van der Waals surface area (Å²) in [5, 5.41) is 25.0. The molecule has 2 amide bonds. The van der Waals surface area contributed by atoms with Gasteiger partial charge in [0, 0.05) is 41.5 Å². The van der Waals surface area contributed by atoms with E-state index in [1.54, 1.807) is 34.5 Å². The lowest BCUT2D eigenvalue weighted by molar-refractivity contribution is 0.0682. The zero-order chi connectivity index (χ0) is 31.5. The molecule has 0 spiro atoms. The van der Waals surface area contributed by atoms with E-state index in [1.807, 2.05) is 13.1 Å². The molecule has 4 N–H and O–H groups in total. The van der Waals surface area contributed by atoms with Gasteiger partial charge in [0.1, 0.15) is 0 Å². The number of nitrogens with one attached hydrogen (secondary N) is 2. The van der Waals surface area contributed by atoms with Crippen molar-refractivity contribution in [2.45, 2.75) is 38.0 Å². The highest BCUT2D eigenvalue weighted by molar-refractivity contribution is 6.66. The summed E-state index contributed by atoms with van der Waals surface area (Å²) in [7, 11) is 1.74. The first-order valence-electron chi connectivity index (χ1n) is 13.4. The average Bonchev–Trinajstić information content (AvgIpc) is 3.00. The Morgan fingerprint density at radius 3 is 1.40 bits per heavy atom. The van der Waals surface area contributed by atoms with Gasteiger partial charge in [-0.05, 0) is 73.4 Å². The van der Waals surface area contributed by atoms with Crippen LogP contribution in [0.3, 0.4) is 0 Å². The monoisotopic (exact) mass is 620 g/mol. The van der Waals surface area contributed by atoms with Crippen LogP contribution in [0.5, 0.6) is 0 Å². The highest BCUT2D eigenvalue weighted by Crippen LogP contribution is 2.26. The number of hydrogen-bond donors (Lipinski definition) is 4. The molecule has 14 heteroatoms. The van der Waals surface area contributed by atoms with E-state index < -0.39 is 40.9 Å². The van der Waals surface area contributed by atoms with Crippen LogP contribution in [0.1, 0.15) is 54.3 Å². The van der Waals surface area contributed by atoms with E-state index in [9.17, 15) is 29.4 Å². The van der Waals surface area contributed by atoms with Gasteiger partial charge in [0.05, 0.1) is 22.3 Å². The molecule has 0 aliphatic rings. The fraction of sp³-hybridized carbons (Fsp3) is 0.429. The van der Waals surface area contributed by atoms with Crippen molar-refractivity contribution in [2.24, 2.45) is 0 Å². The van der Waals surface area contributed by atoms with Gasteiger partial charge in [-0.2, -0.15) is 0 Å². The second kappa shape index (κ2) is 15.7. The molecule has 0 radical (unpaired) electrons. The third-order valence-corrected chi connectivity index (χ3v) is 13.2. The minimum absolute atomic E-state index is 0.0208. The summed E-state index contributed by atoms with van der Waals surface area (Å²) in [6.07, 6.45) is 1.17. The van der Waals surface area contributed by atoms with Crippen LogP contribution in [0.15, 0.2) is 36.4 Å². The van der Waals surface area contributed by atoms with Crippen molar-refractivity contribution in [3.8, 4) is 11.1 Å². The summed E-state index contributed by atoms with van der Waals surface area (Å²) in [6, 6.07) is 9.74. The summed E-state index contributed by atoms with van der Waals surface area (Å²) in [4.78, 5) is 49.7. The predicted octanol–water partition coefficient (Wildman–Crippen LogP) is 3.72. The quantitative estimate of drug-likeness (QED) is 0.151. The number of carbonyl (C=O) groups excluding carboxylic acids is 2. The van der Waals surface area contributed by atoms with Crippen molar-refractivity contribution < 1.29 is 47.1 Å². The first-order valence-corrected chi connectivity index (χ1v) is 18.4. The smallest absolute Gasteiger partial charge is 0.336 e. The molecule has 2 aromatic rings. The second-order valence-electron chi connectivity index (χ2n) is 9.93. The highest BCUT2D eigenvalue weighted by atomic mass is 28.4. The zero-order valence-corrected chi connectivity index (χ0v) is 26.9. The SMILES string of the molecule is CO[Si](C)(CCCNC(=O)c1ccc(-c2ccc(C(=O)O)c(C(=O)NCCC[Si](C)(OC)OC)c2)cc1C(=O)O)OC. The normalized spacial score (nSPS) is 11.7. The van der Waals surface area contributed by atoms with Gasteiger partial charge in [0.25, 0.3) is 11.8 Å². The molecule has 2 rings (SSSR count). The number of carbonyl (C=O) groups is 4. The molecular formula is C28H40N2O10Si2. The third kappa shape index (κ3) is 9.30. The predicted molar refractivity (Wildman–Crippen MR) is 161 cm³/mol. The molecule has 230 valence electrons. The van der Waals surface area contributed by atoms with Gasteiger partial charge in [-0.15, -0.1) is 0 Å². The van der Waals surface area contributed by atoms with E-state index in [1.165, 1.54) is 30.3 Å². The summed E-state index contributed by atoms with van der Waals surface area (Å²) in [6.45, 7) is 4.41. The number of aromatic carboxylic acids is 2. The molecule has 0 aromatic heterocycles. The Morgan fingerprint density at radius 2 is 1.00 bits per heavy atom. The van der Waals surface area contributed by atoms with E-state index in [-0.39, 0.29) is 28.8 Å². The van der Waals surface area contributed by atoms with Crippen molar-refractivity contribution in [3.05, 3.63) is 58.7 Å². The Balaban J connectivity index is 2.24. The maximum absolute atomic E-state index is 13.0. The molecule has 0 atom stereocenters. The van der Waals surface area contributed by atoms with E-state index in [2.05, 4.69) is 10.6 Å². The summed E-state index contributed by atoms with van der Waals surface area (Å²) in [5.74, 6) is -3.70. The van der Waals surface area contributed by atoms with Gasteiger partial charge in [-0.1, -0.05) is 12.1 Å². The number of carboxylic acid groups (broad SMARTS) is 2. The molecule has 0 saturated carbocycles. The molecule has 42 heavy (non-hydrogen) atoms. The number of rotatable bonds is 17. The Kier molecular flexibility index (Phi) is 13.0. The first-order chi connectivity index (χ1) is 19.8. The first kappa shape index (κ1) is 34.8. The van der Waals surface area contributed by atoms with Crippen molar-refractivity contribution in [2.75, 3.05) is 41.5 Å². The van der Waals surface area contributed by atoms with E-state index in [4.69, 9.17) is 17.7 Å². The topological polar surface area (TPSA) is 170 Å². The molecule has 0 fully saturated rings. The highest BCUT2D eigenvalue weighted by Gasteiger charge is 2.29. The van der Waals surface area contributed by atoms with Crippen LogP contribution in [-0.2, 0) is 17.7 Å². The van der Waals surface area contributed by atoms with Crippen LogP contribution in [0.4, 0.5) is 0 Å². The molecule has 0 unspecified atom stereocenters. The molecule has 0 saturated heterocycles. The van der Waals surface area contributed by atoms with Crippen LogP contribution >= 0.6 is 0 Å². The number of hydrogen-bond acceptors (Lipinski definition) is 8. The molecule has 12 nitrogen and oxygen atoms in total. The minimum atomic E-state index is -2.31.